The van der Waals surface area contributed by atoms with Gasteiger partial charge in [-0.25, -0.2) is 4.68 Å². The second-order valence-corrected chi connectivity index (χ2v) is 7.90. The highest BCUT2D eigenvalue weighted by Crippen LogP contribution is 2.31. The van der Waals surface area contributed by atoms with E-state index in [0.717, 1.165) is 16.8 Å². The largest absolute Gasteiger partial charge is 0.496 e. The molecule has 3 aromatic heterocycles. The fraction of sp³-hybridized carbons (Fsp3) is 0.154. The number of carbonyl (C=O) groups is 1. The SMILES string of the molecule is COc1ccccc1-c1cc(NC(=O)CCc2nc(-c3ccco3)no2)n(-c2ccc(C)cc2)n1. The van der Waals surface area contributed by atoms with E-state index in [2.05, 4.69) is 15.5 Å². The lowest BCUT2D eigenvalue weighted by atomic mass is 10.1. The van der Waals surface area contributed by atoms with Crippen molar-refractivity contribution in [3.05, 3.63) is 84.4 Å². The van der Waals surface area contributed by atoms with Gasteiger partial charge in [-0.1, -0.05) is 35.0 Å². The van der Waals surface area contributed by atoms with Crippen LogP contribution in [0.3, 0.4) is 0 Å². The van der Waals surface area contributed by atoms with Gasteiger partial charge in [0.2, 0.25) is 17.6 Å². The Hall–Kier alpha value is -4.66. The van der Waals surface area contributed by atoms with Gasteiger partial charge in [0.15, 0.2) is 5.76 Å². The first-order valence-electron chi connectivity index (χ1n) is 11.1. The van der Waals surface area contributed by atoms with Crippen LogP contribution in [0.2, 0.25) is 0 Å². The molecular formula is C26H23N5O4. The van der Waals surface area contributed by atoms with Crippen molar-refractivity contribution in [3.63, 3.8) is 0 Å². The zero-order chi connectivity index (χ0) is 24.2. The molecule has 0 fully saturated rings. The predicted octanol–water partition coefficient (Wildman–Crippen LogP) is 5.07. The Bertz CT molecular complexity index is 1430. The molecule has 0 radical (unpaired) electrons. The molecule has 3 heterocycles. The molecule has 0 spiro atoms. The maximum absolute atomic E-state index is 12.8. The highest BCUT2D eigenvalue weighted by Gasteiger charge is 2.17. The monoisotopic (exact) mass is 469 g/mol. The van der Waals surface area contributed by atoms with E-state index < -0.39 is 0 Å². The van der Waals surface area contributed by atoms with Gasteiger partial charge in [-0.2, -0.15) is 10.1 Å². The number of hydrogen-bond acceptors (Lipinski definition) is 7. The Morgan fingerprint density at radius 1 is 1.09 bits per heavy atom. The lowest BCUT2D eigenvalue weighted by molar-refractivity contribution is -0.116. The normalized spacial score (nSPS) is 10.9. The molecule has 0 aliphatic rings. The third-order valence-electron chi connectivity index (χ3n) is 5.41. The minimum atomic E-state index is -0.206. The van der Waals surface area contributed by atoms with Crippen molar-refractivity contribution in [2.24, 2.45) is 0 Å². The van der Waals surface area contributed by atoms with Gasteiger partial charge in [0, 0.05) is 24.5 Å². The molecule has 0 bridgehead atoms. The van der Waals surface area contributed by atoms with Gasteiger partial charge in [0.25, 0.3) is 0 Å². The number of carbonyl (C=O) groups excluding carboxylic acids is 1. The molecule has 0 unspecified atom stereocenters. The lowest BCUT2D eigenvalue weighted by Gasteiger charge is -2.09. The molecule has 1 N–H and O–H groups in total. The Balaban J connectivity index is 1.37. The van der Waals surface area contributed by atoms with Crippen LogP contribution in [0.1, 0.15) is 17.9 Å². The molecule has 9 heteroatoms. The van der Waals surface area contributed by atoms with Crippen molar-refractivity contribution < 1.29 is 18.5 Å². The number of methoxy groups -OCH3 is 1. The van der Waals surface area contributed by atoms with Crippen LogP contribution in [-0.2, 0) is 11.2 Å². The van der Waals surface area contributed by atoms with E-state index in [-0.39, 0.29) is 18.7 Å². The van der Waals surface area contributed by atoms with Crippen LogP contribution in [0.4, 0.5) is 5.82 Å². The van der Waals surface area contributed by atoms with E-state index in [1.807, 2.05) is 61.5 Å². The summed E-state index contributed by atoms with van der Waals surface area (Å²) >= 11 is 0. The first-order chi connectivity index (χ1) is 17.1. The van der Waals surface area contributed by atoms with Crippen LogP contribution in [0.15, 0.2) is 81.9 Å². The number of furan rings is 1. The summed E-state index contributed by atoms with van der Waals surface area (Å²) in [6, 6.07) is 20.9. The van der Waals surface area contributed by atoms with E-state index >= 15 is 0 Å². The lowest BCUT2D eigenvalue weighted by Crippen LogP contribution is -2.15. The molecule has 0 aliphatic carbocycles. The summed E-state index contributed by atoms with van der Waals surface area (Å²) in [6.45, 7) is 2.02. The maximum Gasteiger partial charge on any atom is 0.238 e. The average Bonchev–Trinajstić information content (AvgIpc) is 3.64. The molecule has 5 rings (SSSR count). The third kappa shape index (κ3) is 4.84. The Labute approximate surface area is 201 Å². The number of rotatable bonds is 8. The standard InChI is InChI=1S/C26H23N5O4/c1-17-9-11-18(12-10-17)31-23(16-20(29-31)19-6-3-4-7-21(19)33-2)27-24(32)13-14-25-28-26(30-35-25)22-8-5-15-34-22/h3-12,15-16H,13-14H2,1-2H3,(H,27,32). The van der Waals surface area contributed by atoms with Crippen molar-refractivity contribution >= 4 is 11.7 Å². The summed E-state index contributed by atoms with van der Waals surface area (Å²) in [7, 11) is 1.62. The molecule has 1 amide bonds. The fourth-order valence-electron chi connectivity index (χ4n) is 3.63. The summed E-state index contributed by atoms with van der Waals surface area (Å²) in [6.07, 6.45) is 1.98. The predicted molar refractivity (Wildman–Crippen MR) is 129 cm³/mol. The number of anilines is 1. The summed E-state index contributed by atoms with van der Waals surface area (Å²) in [4.78, 5) is 17.1. The van der Waals surface area contributed by atoms with E-state index in [1.165, 1.54) is 6.26 Å². The number of amides is 1. The van der Waals surface area contributed by atoms with Crippen molar-refractivity contribution in [3.8, 4) is 34.3 Å². The van der Waals surface area contributed by atoms with Gasteiger partial charge in [0.05, 0.1) is 24.8 Å². The smallest absolute Gasteiger partial charge is 0.238 e. The maximum atomic E-state index is 12.8. The third-order valence-corrected chi connectivity index (χ3v) is 5.41. The highest BCUT2D eigenvalue weighted by atomic mass is 16.5. The second kappa shape index (κ2) is 9.68. The molecule has 2 aromatic carbocycles. The van der Waals surface area contributed by atoms with Crippen LogP contribution < -0.4 is 10.1 Å². The first-order valence-corrected chi connectivity index (χ1v) is 11.1. The van der Waals surface area contributed by atoms with Crippen molar-refractivity contribution in [1.29, 1.82) is 0 Å². The van der Waals surface area contributed by atoms with Crippen molar-refractivity contribution in [2.45, 2.75) is 19.8 Å². The van der Waals surface area contributed by atoms with Gasteiger partial charge in [0.1, 0.15) is 11.6 Å². The van der Waals surface area contributed by atoms with E-state index in [4.69, 9.17) is 18.8 Å². The molecule has 35 heavy (non-hydrogen) atoms. The van der Waals surface area contributed by atoms with Gasteiger partial charge in [-0.15, -0.1) is 0 Å². The topological polar surface area (TPSA) is 108 Å². The van der Waals surface area contributed by atoms with E-state index in [9.17, 15) is 4.79 Å². The fourth-order valence-corrected chi connectivity index (χ4v) is 3.63. The van der Waals surface area contributed by atoms with E-state index in [0.29, 0.717) is 34.7 Å². The molecule has 0 aliphatic heterocycles. The molecule has 0 atom stereocenters. The summed E-state index contributed by atoms with van der Waals surface area (Å²) in [5, 5.41) is 11.6. The molecule has 176 valence electrons. The van der Waals surface area contributed by atoms with Crippen molar-refractivity contribution in [2.75, 3.05) is 12.4 Å². The quantitative estimate of drug-likeness (QED) is 0.338. The van der Waals surface area contributed by atoms with Crippen LogP contribution >= 0.6 is 0 Å². The molecule has 5 aromatic rings. The molecular weight excluding hydrogens is 446 g/mol. The van der Waals surface area contributed by atoms with Crippen LogP contribution in [0.5, 0.6) is 5.75 Å². The Morgan fingerprint density at radius 2 is 1.91 bits per heavy atom. The van der Waals surface area contributed by atoms with Crippen LogP contribution in [-0.4, -0.2) is 32.9 Å². The van der Waals surface area contributed by atoms with Gasteiger partial charge in [-0.3, -0.25) is 4.79 Å². The number of para-hydroxylation sites is 1. The zero-order valence-electron chi connectivity index (χ0n) is 19.3. The molecule has 0 saturated carbocycles. The minimum Gasteiger partial charge on any atom is -0.496 e. The van der Waals surface area contributed by atoms with Gasteiger partial charge >= 0.3 is 0 Å². The molecule has 0 saturated heterocycles. The van der Waals surface area contributed by atoms with Crippen molar-refractivity contribution in [1.82, 2.24) is 19.9 Å². The number of hydrogen-bond donors (Lipinski definition) is 1. The number of aryl methyl sites for hydroxylation is 2. The first kappa shape index (κ1) is 22.1. The Morgan fingerprint density at radius 3 is 2.69 bits per heavy atom. The summed E-state index contributed by atoms with van der Waals surface area (Å²) in [5.41, 5.74) is 3.46. The summed E-state index contributed by atoms with van der Waals surface area (Å²) in [5.74, 6) is 2.25. The number of benzene rings is 2. The van der Waals surface area contributed by atoms with Crippen LogP contribution in [0, 0.1) is 6.92 Å². The van der Waals surface area contributed by atoms with Gasteiger partial charge < -0.3 is 19.0 Å². The van der Waals surface area contributed by atoms with Crippen LogP contribution in [0.25, 0.3) is 28.5 Å². The molecule has 9 nitrogen and oxygen atoms in total. The summed E-state index contributed by atoms with van der Waals surface area (Å²) < 4.78 is 17.7. The Kier molecular flexibility index (Phi) is 6.13. The number of nitrogens with zero attached hydrogens (tertiary/aromatic N) is 4. The number of ether oxygens (including phenoxy) is 1. The van der Waals surface area contributed by atoms with Gasteiger partial charge in [-0.05, 0) is 43.3 Å². The zero-order valence-corrected chi connectivity index (χ0v) is 19.3. The van der Waals surface area contributed by atoms with E-state index in [1.54, 1.807) is 23.9 Å². The number of aromatic nitrogens is 4. The number of nitrogens with one attached hydrogen (secondary N) is 1. The highest BCUT2D eigenvalue weighted by molar-refractivity contribution is 5.91. The second-order valence-electron chi connectivity index (χ2n) is 7.90. The minimum absolute atomic E-state index is 0.156. The average molecular weight is 470 g/mol.